The van der Waals surface area contributed by atoms with Crippen LogP contribution in [0, 0.1) is 12.8 Å². The second-order valence-electron chi connectivity index (χ2n) is 6.45. The fourth-order valence-corrected chi connectivity index (χ4v) is 3.74. The fourth-order valence-electron chi connectivity index (χ4n) is 3.74. The van der Waals surface area contributed by atoms with Gasteiger partial charge in [0.15, 0.2) is 0 Å². The Bertz CT molecular complexity index is 679. The molecule has 1 unspecified atom stereocenters. The van der Waals surface area contributed by atoms with Crippen LogP contribution in [0.3, 0.4) is 0 Å². The molecule has 0 radical (unpaired) electrons. The minimum absolute atomic E-state index is 0.0125. The fraction of sp³-hybridized carbons (Fsp3) is 0.471. The lowest BCUT2D eigenvalue weighted by Gasteiger charge is -2.30. The van der Waals surface area contributed by atoms with Gasteiger partial charge in [-0.1, -0.05) is 6.07 Å². The van der Waals surface area contributed by atoms with Crippen molar-refractivity contribution >= 4 is 16.9 Å². The van der Waals surface area contributed by atoms with Crippen LogP contribution in [0.1, 0.15) is 28.8 Å². The van der Waals surface area contributed by atoms with Gasteiger partial charge in [0.25, 0.3) is 5.91 Å². The number of furan rings is 1. The molecule has 4 heteroatoms. The number of hydrogen-bond donors (Lipinski definition) is 1. The van der Waals surface area contributed by atoms with Crippen LogP contribution in [0.25, 0.3) is 11.0 Å². The number of piperidine rings is 1. The molecule has 0 spiro atoms. The minimum Gasteiger partial charge on any atom is -0.464 e. The van der Waals surface area contributed by atoms with Crippen molar-refractivity contribution in [3.05, 3.63) is 35.6 Å². The average molecular weight is 284 g/mol. The molecule has 4 rings (SSSR count). The highest BCUT2D eigenvalue weighted by Gasteiger charge is 2.32. The van der Waals surface area contributed by atoms with Crippen LogP contribution >= 0.6 is 0 Å². The lowest BCUT2D eigenvalue weighted by molar-refractivity contribution is 0.0909. The topological polar surface area (TPSA) is 45.5 Å². The highest BCUT2D eigenvalue weighted by atomic mass is 16.3. The summed E-state index contributed by atoms with van der Waals surface area (Å²) in [4.78, 5) is 14.9. The zero-order valence-electron chi connectivity index (χ0n) is 12.3. The summed E-state index contributed by atoms with van der Waals surface area (Å²) in [6, 6.07) is 5.98. The number of fused-ring (bicyclic) bond motifs is 3. The van der Waals surface area contributed by atoms with E-state index >= 15 is 0 Å². The van der Waals surface area contributed by atoms with Crippen molar-refractivity contribution in [2.45, 2.75) is 25.8 Å². The van der Waals surface area contributed by atoms with Gasteiger partial charge in [0, 0.05) is 30.1 Å². The molecule has 4 nitrogen and oxygen atoms in total. The predicted molar refractivity (Wildman–Crippen MR) is 81.4 cm³/mol. The lowest BCUT2D eigenvalue weighted by atomic mass is 9.96. The van der Waals surface area contributed by atoms with Crippen LogP contribution in [0.5, 0.6) is 0 Å². The van der Waals surface area contributed by atoms with Crippen molar-refractivity contribution in [3.63, 3.8) is 0 Å². The Kier molecular flexibility index (Phi) is 3.00. The number of hydrogen-bond acceptors (Lipinski definition) is 3. The van der Waals surface area contributed by atoms with E-state index in [0.717, 1.165) is 35.4 Å². The Hall–Kier alpha value is -1.81. The van der Waals surface area contributed by atoms with E-state index in [0.29, 0.717) is 5.56 Å². The summed E-state index contributed by atoms with van der Waals surface area (Å²) in [6.07, 6.45) is 4.13. The van der Waals surface area contributed by atoms with Crippen molar-refractivity contribution in [2.24, 2.45) is 5.92 Å². The van der Waals surface area contributed by atoms with Gasteiger partial charge in [-0.15, -0.1) is 0 Å². The summed E-state index contributed by atoms with van der Waals surface area (Å²) in [6.45, 7) is 5.40. The van der Waals surface area contributed by atoms with E-state index in [1.165, 1.54) is 19.5 Å². The van der Waals surface area contributed by atoms with Gasteiger partial charge < -0.3 is 14.6 Å². The maximum Gasteiger partial charge on any atom is 0.251 e. The smallest absolute Gasteiger partial charge is 0.251 e. The van der Waals surface area contributed by atoms with Gasteiger partial charge in [-0.05, 0) is 49.9 Å². The molecule has 2 aliphatic heterocycles. The van der Waals surface area contributed by atoms with Crippen LogP contribution < -0.4 is 5.32 Å². The number of rotatable bonds is 2. The van der Waals surface area contributed by atoms with E-state index in [1.54, 1.807) is 6.26 Å². The standard InChI is InChI=1S/C17H20N2O2/c1-11-10-21-16-7-13(2-3-15(11)16)17(20)18-14-6-12-4-5-19(8-12)9-14/h2-3,7,10,12,14H,4-6,8-9H2,1H3,(H,18,20)/t12-,14+/m0/s1. The zero-order valence-corrected chi connectivity index (χ0v) is 12.3. The third-order valence-electron chi connectivity index (χ3n) is 4.83. The Morgan fingerprint density at radius 1 is 1.38 bits per heavy atom. The Balaban J connectivity index is 1.50. The molecule has 3 atom stereocenters. The molecule has 1 amide bonds. The third-order valence-corrected chi connectivity index (χ3v) is 4.83. The molecular weight excluding hydrogens is 264 g/mol. The first kappa shape index (κ1) is 12.9. The normalized spacial score (nSPS) is 28.0. The molecule has 2 bridgehead atoms. The molecule has 0 aliphatic carbocycles. The first-order valence-corrected chi connectivity index (χ1v) is 7.70. The van der Waals surface area contributed by atoms with E-state index in [-0.39, 0.29) is 11.9 Å². The summed E-state index contributed by atoms with van der Waals surface area (Å²) < 4.78 is 5.49. The number of benzene rings is 1. The molecular formula is C17H20N2O2. The van der Waals surface area contributed by atoms with Gasteiger partial charge in [0.1, 0.15) is 5.58 Å². The van der Waals surface area contributed by atoms with Crippen molar-refractivity contribution in [1.29, 1.82) is 0 Å². The van der Waals surface area contributed by atoms with Crippen LogP contribution in [-0.2, 0) is 0 Å². The molecule has 1 N–H and O–H groups in total. The van der Waals surface area contributed by atoms with E-state index in [4.69, 9.17) is 4.42 Å². The van der Waals surface area contributed by atoms with Crippen molar-refractivity contribution in [1.82, 2.24) is 10.2 Å². The maximum atomic E-state index is 12.4. The predicted octanol–water partition coefficient (Wildman–Crippen LogP) is 2.57. The van der Waals surface area contributed by atoms with Gasteiger partial charge in [0.05, 0.1) is 6.26 Å². The summed E-state index contributed by atoms with van der Waals surface area (Å²) in [5.41, 5.74) is 2.57. The number of nitrogens with one attached hydrogen (secondary N) is 1. The molecule has 110 valence electrons. The molecule has 2 fully saturated rings. The molecule has 3 heterocycles. The van der Waals surface area contributed by atoms with Crippen LogP contribution in [-0.4, -0.2) is 36.5 Å². The van der Waals surface area contributed by atoms with Crippen molar-refractivity contribution in [3.8, 4) is 0 Å². The monoisotopic (exact) mass is 284 g/mol. The Labute approximate surface area is 124 Å². The largest absolute Gasteiger partial charge is 0.464 e. The summed E-state index contributed by atoms with van der Waals surface area (Å²) in [5.74, 6) is 0.776. The Morgan fingerprint density at radius 3 is 3.14 bits per heavy atom. The molecule has 1 aromatic carbocycles. The van der Waals surface area contributed by atoms with E-state index in [2.05, 4.69) is 10.2 Å². The zero-order chi connectivity index (χ0) is 14.4. The molecule has 2 saturated heterocycles. The highest BCUT2D eigenvalue weighted by Crippen LogP contribution is 2.27. The van der Waals surface area contributed by atoms with Crippen molar-refractivity contribution < 1.29 is 9.21 Å². The first-order valence-electron chi connectivity index (χ1n) is 7.70. The van der Waals surface area contributed by atoms with Crippen molar-refractivity contribution in [2.75, 3.05) is 19.6 Å². The highest BCUT2D eigenvalue weighted by molar-refractivity contribution is 5.98. The second-order valence-corrected chi connectivity index (χ2v) is 6.45. The maximum absolute atomic E-state index is 12.4. The number of carbonyl (C=O) groups excluding carboxylic acids is 1. The number of nitrogens with zero attached hydrogens (tertiary/aromatic N) is 1. The van der Waals surface area contributed by atoms with Gasteiger partial charge in [-0.2, -0.15) is 0 Å². The number of carbonyl (C=O) groups is 1. The molecule has 1 aromatic heterocycles. The quantitative estimate of drug-likeness (QED) is 0.922. The van der Waals surface area contributed by atoms with Crippen LogP contribution in [0.2, 0.25) is 0 Å². The molecule has 2 aromatic rings. The number of amides is 1. The molecule has 21 heavy (non-hydrogen) atoms. The second kappa shape index (κ2) is 4.88. The minimum atomic E-state index is 0.0125. The summed E-state index contributed by atoms with van der Waals surface area (Å²) in [5, 5.41) is 4.26. The van der Waals surface area contributed by atoms with Crippen LogP contribution in [0.15, 0.2) is 28.9 Å². The van der Waals surface area contributed by atoms with E-state index in [9.17, 15) is 4.79 Å². The summed E-state index contributed by atoms with van der Waals surface area (Å²) in [7, 11) is 0. The average Bonchev–Trinajstić information content (AvgIpc) is 3.02. The SMILES string of the molecule is Cc1coc2cc(C(=O)N[C@@H]3C[C@@H]4CCN(C4)C3)ccc12. The van der Waals surface area contributed by atoms with Gasteiger partial charge in [-0.3, -0.25) is 4.79 Å². The van der Waals surface area contributed by atoms with E-state index < -0.39 is 0 Å². The van der Waals surface area contributed by atoms with Gasteiger partial charge in [-0.25, -0.2) is 0 Å². The van der Waals surface area contributed by atoms with E-state index in [1.807, 2.05) is 25.1 Å². The third kappa shape index (κ3) is 2.33. The number of aryl methyl sites for hydroxylation is 1. The summed E-state index contributed by atoms with van der Waals surface area (Å²) >= 11 is 0. The lowest BCUT2D eigenvalue weighted by Crippen LogP contribution is -2.47. The Morgan fingerprint density at radius 2 is 2.29 bits per heavy atom. The van der Waals surface area contributed by atoms with Crippen LogP contribution in [0.4, 0.5) is 0 Å². The first-order chi connectivity index (χ1) is 10.2. The van der Waals surface area contributed by atoms with Gasteiger partial charge >= 0.3 is 0 Å². The molecule has 2 aliphatic rings. The van der Waals surface area contributed by atoms with Gasteiger partial charge in [0.2, 0.25) is 0 Å². The molecule has 0 saturated carbocycles.